The lowest BCUT2D eigenvalue weighted by Gasteiger charge is -2.18. The number of nitrogens with zero attached hydrogens (tertiary/aromatic N) is 3. The van der Waals surface area contributed by atoms with Crippen molar-refractivity contribution in [3.8, 4) is 28.9 Å². The first-order valence-corrected chi connectivity index (χ1v) is 5.99. The predicted molar refractivity (Wildman–Crippen MR) is 67.8 cm³/mol. The van der Waals surface area contributed by atoms with E-state index in [2.05, 4.69) is 15.0 Å². The third kappa shape index (κ3) is 2.39. The summed E-state index contributed by atoms with van der Waals surface area (Å²) in [5, 5.41) is 0.0803. The Morgan fingerprint density at radius 3 is 2.68 bits per heavy atom. The van der Waals surface area contributed by atoms with Gasteiger partial charge in [-0.2, -0.15) is 15.0 Å². The van der Waals surface area contributed by atoms with E-state index in [1.807, 2.05) is 12.1 Å². The third-order valence-electron chi connectivity index (χ3n) is 2.57. The molecule has 2 aromatic rings. The molecule has 0 fully saturated rings. The molecule has 0 amide bonds. The van der Waals surface area contributed by atoms with Gasteiger partial charge >= 0.3 is 6.01 Å². The van der Waals surface area contributed by atoms with Gasteiger partial charge in [-0.05, 0) is 29.8 Å². The number of fused-ring (bicyclic) bond motifs is 1. The fourth-order valence-corrected chi connectivity index (χ4v) is 1.89. The maximum absolute atomic E-state index is 5.82. The van der Waals surface area contributed by atoms with Crippen molar-refractivity contribution >= 4 is 11.6 Å². The number of hydrogen-bond donors (Lipinski definition) is 0. The van der Waals surface area contributed by atoms with Crippen LogP contribution in [0.2, 0.25) is 5.28 Å². The van der Waals surface area contributed by atoms with Gasteiger partial charge in [0.1, 0.15) is 13.2 Å². The summed E-state index contributed by atoms with van der Waals surface area (Å²) in [5.41, 5.74) is 0.756. The van der Waals surface area contributed by atoms with Crippen LogP contribution >= 0.6 is 11.6 Å². The topological polar surface area (TPSA) is 66.4 Å². The van der Waals surface area contributed by atoms with Crippen LogP contribution in [-0.4, -0.2) is 35.3 Å². The minimum Gasteiger partial charge on any atom is -0.486 e. The van der Waals surface area contributed by atoms with Crippen LogP contribution in [0.3, 0.4) is 0 Å². The van der Waals surface area contributed by atoms with Crippen LogP contribution < -0.4 is 14.2 Å². The average Bonchev–Trinajstić information content (AvgIpc) is 2.46. The molecule has 0 saturated heterocycles. The Hall–Kier alpha value is -2.08. The van der Waals surface area contributed by atoms with Gasteiger partial charge in [-0.3, -0.25) is 0 Å². The molecule has 0 radical (unpaired) electrons. The van der Waals surface area contributed by atoms with Crippen molar-refractivity contribution in [1.82, 2.24) is 15.0 Å². The van der Waals surface area contributed by atoms with Crippen molar-refractivity contribution in [2.24, 2.45) is 0 Å². The number of rotatable bonds is 2. The summed E-state index contributed by atoms with van der Waals surface area (Å²) in [4.78, 5) is 12.0. The van der Waals surface area contributed by atoms with E-state index in [1.54, 1.807) is 6.07 Å². The fourth-order valence-electron chi connectivity index (χ4n) is 1.73. The second-order valence-corrected chi connectivity index (χ2v) is 4.11. The smallest absolute Gasteiger partial charge is 0.321 e. The lowest BCUT2D eigenvalue weighted by atomic mass is 10.2. The molecule has 1 aromatic carbocycles. The number of hydrogen-bond acceptors (Lipinski definition) is 6. The van der Waals surface area contributed by atoms with E-state index < -0.39 is 0 Å². The first-order chi connectivity index (χ1) is 9.26. The highest BCUT2D eigenvalue weighted by Crippen LogP contribution is 2.33. The molecule has 0 unspecified atom stereocenters. The Morgan fingerprint density at radius 2 is 1.89 bits per heavy atom. The van der Waals surface area contributed by atoms with Gasteiger partial charge in [0, 0.05) is 5.56 Å². The number of benzene rings is 1. The van der Waals surface area contributed by atoms with Crippen LogP contribution in [0.1, 0.15) is 0 Å². The molecule has 19 heavy (non-hydrogen) atoms. The van der Waals surface area contributed by atoms with Gasteiger partial charge in [0.15, 0.2) is 17.3 Å². The zero-order chi connectivity index (χ0) is 13.2. The van der Waals surface area contributed by atoms with E-state index in [9.17, 15) is 0 Å². The Labute approximate surface area is 114 Å². The van der Waals surface area contributed by atoms with Crippen LogP contribution in [0.4, 0.5) is 0 Å². The fraction of sp³-hybridized carbons (Fsp3) is 0.250. The second-order valence-electron chi connectivity index (χ2n) is 3.77. The monoisotopic (exact) mass is 279 g/mol. The van der Waals surface area contributed by atoms with Crippen molar-refractivity contribution in [3.63, 3.8) is 0 Å². The predicted octanol–water partition coefficient (Wildman–Crippen LogP) is 1.97. The summed E-state index contributed by atoms with van der Waals surface area (Å²) in [7, 11) is 1.47. The molecule has 1 aliphatic rings. The summed E-state index contributed by atoms with van der Waals surface area (Å²) in [6.45, 7) is 1.08. The van der Waals surface area contributed by atoms with Gasteiger partial charge < -0.3 is 14.2 Å². The van der Waals surface area contributed by atoms with Crippen LogP contribution in [0, 0.1) is 0 Å². The average molecular weight is 280 g/mol. The molecule has 2 heterocycles. The molecule has 6 nitrogen and oxygen atoms in total. The first-order valence-electron chi connectivity index (χ1n) is 5.62. The summed E-state index contributed by atoms with van der Waals surface area (Å²) < 4.78 is 15.9. The van der Waals surface area contributed by atoms with Gasteiger partial charge in [0.2, 0.25) is 5.28 Å². The molecule has 1 aromatic heterocycles. The largest absolute Gasteiger partial charge is 0.486 e. The van der Waals surface area contributed by atoms with Crippen molar-refractivity contribution in [2.45, 2.75) is 0 Å². The summed E-state index contributed by atoms with van der Waals surface area (Å²) >= 11 is 5.82. The van der Waals surface area contributed by atoms with Crippen LogP contribution in [0.15, 0.2) is 18.2 Å². The zero-order valence-electron chi connectivity index (χ0n) is 10.1. The van der Waals surface area contributed by atoms with Gasteiger partial charge in [-0.15, -0.1) is 0 Å². The molecule has 3 rings (SSSR count). The zero-order valence-corrected chi connectivity index (χ0v) is 10.8. The SMILES string of the molecule is COc1nc(Cl)nc(-c2ccc3c(c2)OCCO3)n1. The molecule has 0 bridgehead atoms. The van der Waals surface area contributed by atoms with E-state index in [0.29, 0.717) is 30.5 Å². The molecule has 0 atom stereocenters. The van der Waals surface area contributed by atoms with Gasteiger partial charge in [0.05, 0.1) is 7.11 Å². The number of methoxy groups -OCH3 is 1. The maximum Gasteiger partial charge on any atom is 0.321 e. The molecule has 0 N–H and O–H groups in total. The Bertz CT molecular complexity index is 621. The van der Waals surface area contributed by atoms with E-state index >= 15 is 0 Å². The van der Waals surface area contributed by atoms with E-state index in [0.717, 1.165) is 5.56 Å². The Kier molecular flexibility index (Phi) is 3.08. The quantitative estimate of drug-likeness (QED) is 0.837. The molecule has 1 aliphatic heterocycles. The van der Waals surface area contributed by atoms with Crippen molar-refractivity contribution in [1.29, 1.82) is 0 Å². The van der Waals surface area contributed by atoms with E-state index in [4.69, 9.17) is 25.8 Å². The highest BCUT2D eigenvalue weighted by atomic mass is 35.5. The lowest BCUT2D eigenvalue weighted by molar-refractivity contribution is 0.171. The maximum atomic E-state index is 5.82. The van der Waals surface area contributed by atoms with Crippen molar-refractivity contribution in [2.75, 3.05) is 20.3 Å². The molecule has 0 spiro atoms. The second kappa shape index (κ2) is 4.89. The highest BCUT2D eigenvalue weighted by molar-refractivity contribution is 6.28. The normalized spacial score (nSPS) is 13.2. The number of aromatic nitrogens is 3. The first kappa shape index (κ1) is 12.0. The van der Waals surface area contributed by atoms with Crippen LogP contribution in [-0.2, 0) is 0 Å². The van der Waals surface area contributed by atoms with Gasteiger partial charge in [-0.1, -0.05) is 0 Å². The molecule has 98 valence electrons. The highest BCUT2D eigenvalue weighted by Gasteiger charge is 2.14. The minimum absolute atomic E-state index is 0.0803. The Morgan fingerprint density at radius 1 is 1.11 bits per heavy atom. The molecular formula is C12H10ClN3O3. The van der Waals surface area contributed by atoms with Gasteiger partial charge in [-0.25, -0.2) is 0 Å². The minimum atomic E-state index is 0.0803. The molecule has 0 aliphatic carbocycles. The third-order valence-corrected chi connectivity index (χ3v) is 2.74. The number of halogens is 1. The van der Waals surface area contributed by atoms with E-state index in [-0.39, 0.29) is 11.3 Å². The molecular weight excluding hydrogens is 270 g/mol. The summed E-state index contributed by atoms with van der Waals surface area (Å²) in [6.07, 6.45) is 0. The van der Waals surface area contributed by atoms with Crippen LogP contribution in [0.5, 0.6) is 17.5 Å². The molecule has 0 saturated carbocycles. The lowest BCUT2D eigenvalue weighted by Crippen LogP contribution is -2.15. The molecule has 7 heteroatoms. The van der Waals surface area contributed by atoms with Crippen molar-refractivity contribution < 1.29 is 14.2 Å². The summed E-state index contributed by atoms with van der Waals surface area (Å²) in [6, 6.07) is 5.62. The standard InChI is InChI=1S/C12H10ClN3O3/c1-17-12-15-10(14-11(13)16-12)7-2-3-8-9(6-7)19-5-4-18-8/h2-3,6H,4-5H2,1H3. The van der Waals surface area contributed by atoms with E-state index in [1.165, 1.54) is 7.11 Å². The van der Waals surface area contributed by atoms with Crippen LogP contribution in [0.25, 0.3) is 11.4 Å². The van der Waals surface area contributed by atoms with Gasteiger partial charge in [0.25, 0.3) is 0 Å². The summed E-state index contributed by atoms with van der Waals surface area (Å²) in [5.74, 6) is 1.80. The van der Waals surface area contributed by atoms with Crippen molar-refractivity contribution in [3.05, 3.63) is 23.5 Å². The Balaban J connectivity index is 2.04. The number of ether oxygens (including phenoxy) is 3.